The van der Waals surface area contributed by atoms with Crippen LogP contribution in [0, 0.1) is 5.39 Å². The Morgan fingerprint density at radius 1 is 1.32 bits per heavy atom. The number of hydrogen-bond donors (Lipinski definition) is 0. The molecule has 8 nitrogen and oxygen atoms in total. The molecule has 1 aliphatic heterocycles. The molecule has 1 aromatic heterocycles. The van der Waals surface area contributed by atoms with Crippen molar-refractivity contribution in [2.24, 2.45) is 0 Å². The van der Waals surface area contributed by atoms with Gasteiger partial charge in [-0.15, -0.1) is 0 Å². The Bertz CT molecular complexity index is 621. The third-order valence-corrected chi connectivity index (χ3v) is 3.03. The summed E-state index contributed by atoms with van der Waals surface area (Å²) in [7, 11) is -6.09. The van der Waals surface area contributed by atoms with Crippen molar-refractivity contribution in [1.29, 1.82) is 5.39 Å². The lowest BCUT2D eigenvalue weighted by molar-refractivity contribution is -0.0517. The first-order valence-electron chi connectivity index (χ1n) is 5.81. The van der Waals surface area contributed by atoms with E-state index in [1.165, 1.54) is 0 Å². The molecule has 0 unspecified atom stereocenters. The molecular weight excluding hydrogens is 329 g/mol. The molecule has 0 saturated carbocycles. The number of diazo groups is 1. The fraction of sp³-hybridized carbons (Fsp3) is 0.500. The van der Waals surface area contributed by atoms with E-state index in [9.17, 15) is 13.2 Å². The van der Waals surface area contributed by atoms with E-state index >= 15 is 0 Å². The van der Waals surface area contributed by atoms with Crippen LogP contribution < -0.4 is 4.90 Å². The van der Waals surface area contributed by atoms with Crippen molar-refractivity contribution in [3.8, 4) is 0 Å². The molecule has 0 N–H and O–H groups in total. The van der Waals surface area contributed by atoms with Crippen molar-refractivity contribution >= 4 is 21.6 Å². The number of aromatic nitrogens is 1. The third-order valence-electron chi connectivity index (χ3n) is 2.47. The zero-order valence-electron chi connectivity index (χ0n) is 11.0. The minimum absolute atomic E-state index is 0.474. The van der Waals surface area contributed by atoms with Crippen molar-refractivity contribution in [3.05, 3.63) is 23.3 Å². The molecule has 1 aromatic rings. The van der Waals surface area contributed by atoms with Gasteiger partial charge in [0.2, 0.25) is 5.39 Å². The van der Waals surface area contributed by atoms with Crippen LogP contribution in [0.3, 0.4) is 0 Å². The SMILES string of the molecule is N#[N+]c1ccc(N2CCOCC2)nc1.O=S(=O)([O-])C(F)(F)F. The van der Waals surface area contributed by atoms with E-state index in [4.69, 9.17) is 23.1 Å². The molecule has 1 aliphatic rings. The number of alkyl halides is 3. The molecule has 2 rings (SSSR count). The highest BCUT2D eigenvalue weighted by Crippen LogP contribution is 2.20. The lowest BCUT2D eigenvalue weighted by atomic mass is 10.3. The van der Waals surface area contributed by atoms with Gasteiger partial charge in [-0.1, -0.05) is 0 Å². The molecule has 0 radical (unpaired) electrons. The molecular formula is C10H11F3N4O4S. The van der Waals surface area contributed by atoms with Gasteiger partial charge in [-0.2, -0.15) is 13.2 Å². The Hall–Kier alpha value is -1.97. The van der Waals surface area contributed by atoms with Crippen LogP contribution in [0.1, 0.15) is 0 Å². The van der Waals surface area contributed by atoms with Crippen LogP contribution in [0.25, 0.3) is 4.98 Å². The molecule has 0 atom stereocenters. The number of nitrogens with zero attached hydrogens (tertiary/aromatic N) is 4. The van der Waals surface area contributed by atoms with Crippen LogP contribution in [-0.2, 0) is 14.9 Å². The summed E-state index contributed by atoms with van der Waals surface area (Å²) in [6.07, 6.45) is 1.55. The van der Waals surface area contributed by atoms with Gasteiger partial charge in [0.1, 0.15) is 12.0 Å². The minimum atomic E-state index is -6.09. The second kappa shape index (κ2) is 7.34. The van der Waals surface area contributed by atoms with Crippen LogP contribution in [0.15, 0.2) is 18.3 Å². The van der Waals surface area contributed by atoms with E-state index in [1.54, 1.807) is 12.3 Å². The van der Waals surface area contributed by atoms with Crippen molar-refractivity contribution in [2.45, 2.75) is 5.51 Å². The molecule has 0 aromatic carbocycles. The Morgan fingerprint density at radius 3 is 2.23 bits per heavy atom. The van der Waals surface area contributed by atoms with Gasteiger partial charge >= 0.3 is 11.2 Å². The van der Waals surface area contributed by atoms with Gasteiger partial charge in [-0.25, -0.2) is 13.4 Å². The molecule has 0 amide bonds. The first-order chi connectivity index (χ1) is 10.1. The second-order valence-electron chi connectivity index (χ2n) is 3.97. The van der Waals surface area contributed by atoms with Crippen LogP contribution in [0.2, 0.25) is 0 Å². The van der Waals surface area contributed by atoms with Gasteiger partial charge in [0.05, 0.1) is 13.2 Å². The summed E-state index contributed by atoms with van der Waals surface area (Å²) in [5.74, 6) is 0.903. The Labute approximate surface area is 123 Å². The lowest BCUT2D eigenvalue weighted by Gasteiger charge is -2.27. The highest BCUT2D eigenvalue weighted by Gasteiger charge is 2.36. The van der Waals surface area contributed by atoms with E-state index in [-0.39, 0.29) is 0 Å². The maximum absolute atomic E-state index is 10.7. The fourth-order valence-electron chi connectivity index (χ4n) is 1.42. The fourth-order valence-corrected chi connectivity index (χ4v) is 1.42. The van der Waals surface area contributed by atoms with Crippen LogP contribution in [0.4, 0.5) is 24.7 Å². The molecule has 0 bridgehead atoms. The van der Waals surface area contributed by atoms with E-state index in [2.05, 4.69) is 14.9 Å². The van der Waals surface area contributed by atoms with Crippen LogP contribution in [0.5, 0.6) is 0 Å². The van der Waals surface area contributed by atoms with Gasteiger partial charge in [-0.3, -0.25) is 0 Å². The van der Waals surface area contributed by atoms with Crippen molar-refractivity contribution in [2.75, 3.05) is 31.2 Å². The van der Waals surface area contributed by atoms with E-state index in [1.807, 2.05) is 6.07 Å². The summed E-state index contributed by atoms with van der Waals surface area (Å²) in [4.78, 5) is 9.38. The summed E-state index contributed by atoms with van der Waals surface area (Å²) < 4.78 is 64.1. The largest absolute Gasteiger partial charge is 0.741 e. The number of anilines is 1. The first-order valence-corrected chi connectivity index (χ1v) is 7.22. The van der Waals surface area contributed by atoms with Crippen LogP contribution in [-0.4, -0.2) is 49.8 Å². The molecule has 0 spiro atoms. The highest BCUT2D eigenvalue weighted by atomic mass is 32.2. The molecule has 122 valence electrons. The molecule has 0 aliphatic carbocycles. The summed E-state index contributed by atoms with van der Waals surface area (Å²) in [5, 5.41) is 8.49. The number of hydrogen-bond acceptors (Lipinski definition) is 7. The number of ether oxygens (including phenoxy) is 1. The van der Waals surface area contributed by atoms with Crippen molar-refractivity contribution < 1.29 is 30.9 Å². The normalized spacial score (nSPS) is 15.5. The minimum Gasteiger partial charge on any atom is -0.741 e. The van der Waals surface area contributed by atoms with Crippen LogP contribution >= 0.6 is 0 Å². The number of halogens is 3. The smallest absolute Gasteiger partial charge is 0.485 e. The second-order valence-corrected chi connectivity index (χ2v) is 5.35. The zero-order chi connectivity index (χ0) is 16.8. The molecule has 2 heterocycles. The van der Waals surface area contributed by atoms with E-state index in [0.29, 0.717) is 5.69 Å². The van der Waals surface area contributed by atoms with Gasteiger partial charge < -0.3 is 14.2 Å². The topological polar surface area (TPSA) is 111 Å². The Balaban J connectivity index is 0.000000261. The summed E-state index contributed by atoms with van der Waals surface area (Å²) in [6, 6.07) is 3.58. The standard InChI is InChI=1S/C9H11N4O.CHF3O3S/c10-12-8-1-2-9(11-7-8)13-3-5-14-6-4-13;2-1(3,4)8(5,6)7/h1-2,7H,3-6H2;(H,5,6,7)/q+1;/p-1. The maximum atomic E-state index is 10.7. The number of pyridine rings is 1. The molecule has 1 saturated heterocycles. The van der Waals surface area contributed by atoms with Gasteiger partial charge in [0, 0.05) is 19.2 Å². The lowest BCUT2D eigenvalue weighted by Crippen LogP contribution is -2.36. The molecule has 1 fully saturated rings. The van der Waals surface area contributed by atoms with Gasteiger partial charge in [0.15, 0.2) is 15.1 Å². The zero-order valence-corrected chi connectivity index (χ0v) is 11.8. The number of morpholine rings is 1. The first kappa shape index (κ1) is 18.1. The van der Waals surface area contributed by atoms with E-state index < -0.39 is 15.6 Å². The summed E-state index contributed by atoms with van der Waals surface area (Å²) in [5.41, 5.74) is -5.17. The molecule has 12 heteroatoms. The van der Waals surface area contributed by atoms with Gasteiger partial charge in [-0.05, 0) is 6.07 Å². The summed E-state index contributed by atoms with van der Waals surface area (Å²) in [6.45, 7) is 3.22. The summed E-state index contributed by atoms with van der Waals surface area (Å²) >= 11 is 0. The average molecular weight is 340 g/mol. The predicted molar refractivity (Wildman–Crippen MR) is 67.8 cm³/mol. The van der Waals surface area contributed by atoms with E-state index in [0.717, 1.165) is 32.1 Å². The monoisotopic (exact) mass is 340 g/mol. The molecule has 22 heavy (non-hydrogen) atoms. The predicted octanol–water partition coefficient (Wildman–Crippen LogP) is 1.45. The number of rotatable bonds is 1. The Kier molecular flexibility index (Phi) is 6.03. The van der Waals surface area contributed by atoms with Crippen molar-refractivity contribution in [3.63, 3.8) is 0 Å². The Morgan fingerprint density at radius 2 is 1.86 bits per heavy atom. The van der Waals surface area contributed by atoms with Gasteiger partial charge in [0.25, 0.3) is 0 Å². The third kappa shape index (κ3) is 5.43. The maximum Gasteiger partial charge on any atom is 0.485 e. The average Bonchev–Trinajstić information content (AvgIpc) is 2.47. The quantitative estimate of drug-likeness (QED) is 0.432. The van der Waals surface area contributed by atoms with Crippen molar-refractivity contribution in [1.82, 2.24) is 4.98 Å². The highest BCUT2D eigenvalue weighted by molar-refractivity contribution is 7.86.